The molecule has 1 aliphatic rings. The standard InChI is InChI=1S/C10H18O/c1-7(2)9-5-4-8(3)6-10(9)11/h5,7-8,10-11H,4,6H2,1-3H3/t8-,10-/m1/s1. The average Bonchev–Trinajstić information content (AvgIpc) is 1.85. The van der Waals surface area contributed by atoms with Crippen molar-refractivity contribution in [2.24, 2.45) is 11.8 Å². The lowest BCUT2D eigenvalue weighted by Gasteiger charge is -2.26. The van der Waals surface area contributed by atoms with Gasteiger partial charge in [0.05, 0.1) is 6.10 Å². The Kier molecular flexibility index (Phi) is 2.72. The number of hydrogen-bond acceptors (Lipinski definition) is 1. The minimum Gasteiger partial charge on any atom is -0.389 e. The second-order valence-corrected chi connectivity index (χ2v) is 3.95. The van der Waals surface area contributed by atoms with E-state index in [1.54, 1.807) is 0 Å². The van der Waals surface area contributed by atoms with Gasteiger partial charge in [0.25, 0.3) is 0 Å². The molecule has 0 aromatic carbocycles. The Hall–Kier alpha value is -0.300. The minimum absolute atomic E-state index is 0.168. The fraction of sp³-hybridized carbons (Fsp3) is 0.800. The molecule has 0 fully saturated rings. The summed E-state index contributed by atoms with van der Waals surface area (Å²) in [6, 6.07) is 0. The third-order valence-corrected chi connectivity index (χ3v) is 2.43. The van der Waals surface area contributed by atoms with E-state index in [0.717, 1.165) is 12.8 Å². The van der Waals surface area contributed by atoms with Crippen LogP contribution < -0.4 is 0 Å². The van der Waals surface area contributed by atoms with Crippen LogP contribution in [-0.4, -0.2) is 11.2 Å². The van der Waals surface area contributed by atoms with E-state index in [1.807, 2.05) is 0 Å². The van der Waals surface area contributed by atoms with Gasteiger partial charge in [-0.25, -0.2) is 0 Å². The fourth-order valence-corrected chi connectivity index (χ4v) is 1.71. The lowest BCUT2D eigenvalue weighted by molar-refractivity contribution is 0.160. The second-order valence-electron chi connectivity index (χ2n) is 3.95. The zero-order valence-electron chi connectivity index (χ0n) is 7.67. The average molecular weight is 154 g/mol. The van der Waals surface area contributed by atoms with Gasteiger partial charge in [0.15, 0.2) is 0 Å². The number of rotatable bonds is 1. The van der Waals surface area contributed by atoms with E-state index in [2.05, 4.69) is 26.8 Å². The van der Waals surface area contributed by atoms with E-state index < -0.39 is 0 Å². The summed E-state index contributed by atoms with van der Waals surface area (Å²) in [6.45, 7) is 6.48. The molecular formula is C10H18O. The molecule has 0 aromatic rings. The van der Waals surface area contributed by atoms with E-state index in [1.165, 1.54) is 5.57 Å². The molecule has 0 heterocycles. The third kappa shape index (κ3) is 2.06. The molecule has 0 bridgehead atoms. The Balaban J connectivity index is 2.65. The van der Waals surface area contributed by atoms with Gasteiger partial charge in [0.1, 0.15) is 0 Å². The van der Waals surface area contributed by atoms with Gasteiger partial charge in [0, 0.05) is 0 Å². The first-order valence-corrected chi connectivity index (χ1v) is 4.49. The maximum Gasteiger partial charge on any atom is 0.0755 e. The summed E-state index contributed by atoms with van der Waals surface area (Å²) >= 11 is 0. The molecular weight excluding hydrogens is 136 g/mol. The van der Waals surface area contributed by atoms with Crippen LogP contribution in [-0.2, 0) is 0 Å². The van der Waals surface area contributed by atoms with E-state index in [9.17, 15) is 5.11 Å². The second kappa shape index (κ2) is 3.40. The van der Waals surface area contributed by atoms with Crippen molar-refractivity contribution in [1.29, 1.82) is 0 Å². The molecule has 0 unspecified atom stereocenters. The Morgan fingerprint density at radius 1 is 1.55 bits per heavy atom. The van der Waals surface area contributed by atoms with E-state index >= 15 is 0 Å². The zero-order chi connectivity index (χ0) is 8.43. The van der Waals surface area contributed by atoms with Gasteiger partial charge < -0.3 is 5.11 Å². The summed E-state index contributed by atoms with van der Waals surface area (Å²) < 4.78 is 0. The Labute approximate surface area is 69.1 Å². The highest BCUT2D eigenvalue weighted by Gasteiger charge is 2.20. The minimum atomic E-state index is -0.168. The molecule has 0 saturated heterocycles. The van der Waals surface area contributed by atoms with Crippen LogP contribution in [0.5, 0.6) is 0 Å². The fourth-order valence-electron chi connectivity index (χ4n) is 1.71. The Morgan fingerprint density at radius 2 is 2.18 bits per heavy atom. The van der Waals surface area contributed by atoms with Crippen LogP contribution in [0.3, 0.4) is 0 Å². The van der Waals surface area contributed by atoms with Crippen LogP contribution >= 0.6 is 0 Å². The number of aliphatic hydroxyl groups excluding tert-OH is 1. The molecule has 2 atom stereocenters. The summed E-state index contributed by atoms with van der Waals surface area (Å²) in [5.41, 5.74) is 1.24. The van der Waals surface area contributed by atoms with Crippen molar-refractivity contribution in [1.82, 2.24) is 0 Å². The number of allylic oxidation sites excluding steroid dienone is 1. The van der Waals surface area contributed by atoms with Gasteiger partial charge in [-0.2, -0.15) is 0 Å². The first-order valence-electron chi connectivity index (χ1n) is 4.49. The van der Waals surface area contributed by atoms with E-state index in [-0.39, 0.29) is 6.10 Å². The number of aliphatic hydroxyl groups is 1. The van der Waals surface area contributed by atoms with Crippen LogP contribution in [0.4, 0.5) is 0 Å². The molecule has 0 radical (unpaired) electrons. The normalized spacial score (nSPS) is 32.3. The molecule has 1 N–H and O–H groups in total. The van der Waals surface area contributed by atoms with Gasteiger partial charge >= 0.3 is 0 Å². The van der Waals surface area contributed by atoms with Gasteiger partial charge in [-0.05, 0) is 30.3 Å². The lowest BCUT2D eigenvalue weighted by Crippen LogP contribution is -2.21. The van der Waals surface area contributed by atoms with Crippen LogP contribution in [0.2, 0.25) is 0 Å². The highest BCUT2D eigenvalue weighted by Crippen LogP contribution is 2.27. The molecule has 1 heteroatoms. The molecule has 1 nitrogen and oxygen atoms in total. The largest absolute Gasteiger partial charge is 0.389 e. The molecule has 1 aliphatic carbocycles. The predicted octanol–water partition coefficient (Wildman–Crippen LogP) is 2.36. The Bertz CT molecular complexity index is 158. The third-order valence-electron chi connectivity index (χ3n) is 2.43. The quantitative estimate of drug-likeness (QED) is 0.575. The van der Waals surface area contributed by atoms with Gasteiger partial charge in [-0.15, -0.1) is 0 Å². The van der Waals surface area contributed by atoms with Crippen molar-refractivity contribution in [3.63, 3.8) is 0 Å². The van der Waals surface area contributed by atoms with Crippen molar-refractivity contribution in [3.8, 4) is 0 Å². The summed E-state index contributed by atoms with van der Waals surface area (Å²) in [5, 5.41) is 9.64. The molecule has 1 rings (SSSR count). The smallest absolute Gasteiger partial charge is 0.0755 e. The highest BCUT2D eigenvalue weighted by molar-refractivity contribution is 5.13. The number of hydrogen-bond donors (Lipinski definition) is 1. The molecule has 0 spiro atoms. The first kappa shape index (κ1) is 8.79. The van der Waals surface area contributed by atoms with Crippen molar-refractivity contribution in [2.75, 3.05) is 0 Å². The molecule has 11 heavy (non-hydrogen) atoms. The molecule has 0 saturated carbocycles. The van der Waals surface area contributed by atoms with Crippen molar-refractivity contribution in [2.45, 2.75) is 39.7 Å². The van der Waals surface area contributed by atoms with Crippen LogP contribution in [0.15, 0.2) is 11.6 Å². The maximum absolute atomic E-state index is 9.64. The van der Waals surface area contributed by atoms with Crippen LogP contribution in [0.1, 0.15) is 33.6 Å². The van der Waals surface area contributed by atoms with Gasteiger partial charge in [-0.3, -0.25) is 0 Å². The van der Waals surface area contributed by atoms with E-state index in [0.29, 0.717) is 11.8 Å². The lowest BCUT2D eigenvalue weighted by atomic mass is 9.84. The zero-order valence-corrected chi connectivity index (χ0v) is 7.67. The van der Waals surface area contributed by atoms with Crippen molar-refractivity contribution in [3.05, 3.63) is 11.6 Å². The SMILES string of the molecule is CC(C)C1=CC[C@@H](C)C[C@H]1O. The van der Waals surface area contributed by atoms with Crippen LogP contribution in [0.25, 0.3) is 0 Å². The summed E-state index contributed by atoms with van der Waals surface area (Å²) in [6.07, 6.45) is 4.14. The summed E-state index contributed by atoms with van der Waals surface area (Å²) in [5.74, 6) is 1.17. The van der Waals surface area contributed by atoms with Crippen molar-refractivity contribution >= 4 is 0 Å². The topological polar surface area (TPSA) is 20.2 Å². The first-order chi connectivity index (χ1) is 5.11. The summed E-state index contributed by atoms with van der Waals surface area (Å²) in [4.78, 5) is 0. The predicted molar refractivity (Wildman–Crippen MR) is 47.3 cm³/mol. The Morgan fingerprint density at radius 3 is 2.64 bits per heavy atom. The molecule has 0 aromatic heterocycles. The molecule has 0 aliphatic heterocycles. The van der Waals surface area contributed by atoms with Gasteiger partial charge in [-0.1, -0.05) is 26.8 Å². The highest BCUT2D eigenvalue weighted by atomic mass is 16.3. The van der Waals surface area contributed by atoms with Gasteiger partial charge in [0.2, 0.25) is 0 Å². The maximum atomic E-state index is 9.64. The summed E-state index contributed by atoms with van der Waals surface area (Å²) in [7, 11) is 0. The van der Waals surface area contributed by atoms with E-state index in [4.69, 9.17) is 0 Å². The monoisotopic (exact) mass is 154 g/mol. The molecule has 64 valence electrons. The molecule has 0 amide bonds. The van der Waals surface area contributed by atoms with Crippen molar-refractivity contribution < 1.29 is 5.11 Å². The van der Waals surface area contributed by atoms with Crippen LogP contribution in [0, 0.1) is 11.8 Å².